The number of amides is 2. The van der Waals surface area contributed by atoms with Crippen molar-refractivity contribution in [3.8, 4) is 0 Å². The van der Waals surface area contributed by atoms with Crippen LogP contribution in [0.4, 0.5) is 4.79 Å². The molecule has 0 bridgehead atoms. The second-order valence-electron chi connectivity index (χ2n) is 13.0. The van der Waals surface area contributed by atoms with E-state index in [1.54, 1.807) is 17.9 Å². The number of urea groups is 1. The molecule has 1 saturated heterocycles. The number of nitrogens with one attached hydrogen (secondary N) is 2. The monoisotopic (exact) mass is 509 g/mol. The third-order valence-electron chi connectivity index (χ3n) is 11.3. The summed E-state index contributed by atoms with van der Waals surface area (Å²) in [7, 11) is 0. The number of rotatable bonds is 3. The van der Waals surface area contributed by atoms with Crippen LogP contribution in [0.2, 0.25) is 0 Å². The van der Waals surface area contributed by atoms with Gasteiger partial charge in [0.1, 0.15) is 0 Å². The molecule has 3 saturated carbocycles. The molecule has 4 fully saturated rings. The summed E-state index contributed by atoms with van der Waals surface area (Å²) in [5.41, 5.74) is 3.06. The van der Waals surface area contributed by atoms with E-state index in [-0.39, 0.29) is 35.8 Å². The largest absolute Gasteiger partial charge is 0.431 e. The minimum atomic E-state index is -0.274. The summed E-state index contributed by atoms with van der Waals surface area (Å²) in [5.74, 6) is 2.43. The molecule has 1 aromatic rings. The van der Waals surface area contributed by atoms with Gasteiger partial charge in [0.05, 0.1) is 12.9 Å². The molecule has 2 heterocycles. The predicted molar refractivity (Wildman–Crippen MR) is 142 cm³/mol. The number of hydrogen-bond donors (Lipinski definition) is 3. The van der Waals surface area contributed by atoms with Crippen LogP contribution in [0.25, 0.3) is 0 Å². The summed E-state index contributed by atoms with van der Waals surface area (Å²) in [5, 5.41) is 16.1. The molecule has 7 heteroatoms. The number of aliphatic hydroxyl groups is 1. The molecule has 1 aromatic heterocycles. The van der Waals surface area contributed by atoms with Crippen molar-refractivity contribution in [2.24, 2.45) is 28.6 Å². The van der Waals surface area contributed by atoms with Gasteiger partial charge < -0.3 is 25.1 Å². The first-order valence-corrected chi connectivity index (χ1v) is 14.5. The number of carbonyl (C=O) groups excluding carboxylic acids is 1. The van der Waals surface area contributed by atoms with Gasteiger partial charge in [-0.05, 0) is 97.5 Å². The Bertz CT molecular complexity index is 1100. The summed E-state index contributed by atoms with van der Waals surface area (Å²) in [6.45, 7) is 7.08. The molecule has 5 aliphatic rings. The van der Waals surface area contributed by atoms with Crippen molar-refractivity contribution in [2.45, 2.75) is 83.2 Å². The van der Waals surface area contributed by atoms with Gasteiger partial charge in [-0.25, -0.2) is 9.59 Å². The SMILES string of the molecule is C[C@]12CC[C@H](NC(=O)N3CCN[C@H](CO)C3)C[C@H]1CC[C@H]1C3=CC[C@H](c4ccc(=O)oc4)[C@@]3(C)CC[C@@H]12. The Balaban J connectivity index is 1.12. The van der Waals surface area contributed by atoms with E-state index >= 15 is 0 Å². The first-order valence-electron chi connectivity index (χ1n) is 14.5. The maximum absolute atomic E-state index is 13.0. The highest BCUT2D eigenvalue weighted by Crippen LogP contribution is 2.67. The second kappa shape index (κ2) is 9.57. The van der Waals surface area contributed by atoms with Crippen molar-refractivity contribution in [3.63, 3.8) is 0 Å². The lowest BCUT2D eigenvalue weighted by molar-refractivity contribution is -0.0588. The van der Waals surface area contributed by atoms with Gasteiger partial charge >= 0.3 is 11.7 Å². The molecule has 1 aliphatic heterocycles. The lowest BCUT2D eigenvalue weighted by Gasteiger charge is -2.60. The average molecular weight is 510 g/mol. The first kappa shape index (κ1) is 25.2. The van der Waals surface area contributed by atoms with Gasteiger partial charge in [0.2, 0.25) is 0 Å². The van der Waals surface area contributed by atoms with Crippen LogP contribution in [-0.2, 0) is 0 Å². The van der Waals surface area contributed by atoms with Crippen molar-refractivity contribution in [3.05, 3.63) is 46.0 Å². The normalized spacial score (nSPS) is 41.3. The summed E-state index contributed by atoms with van der Waals surface area (Å²) >= 11 is 0. The number of allylic oxidation sites excluding steroid dienone is 2. The number of carbonyl (C=O) groups is 1. The van der Waals surface area contributed by atoms with Crippen LogP contribution in [0, 0.1) is 28.6 Å². The fourth-order valence-corrected chi connectivity index (χ4v) is 9.19. The Morgan fingerprint density at radius 2 is 2.08 bits per heavy atom. The van der Waals surface area contributed by atoms with E-state index in [2.05, 4.69) is 30.6 Å². The summed E-state index contributed by atoms with van der Waals surface area (Å²) in [4.78, 5) is 26.4. The van der Waals surface area contributed by atoms with Crippen molar-refractivity contribution in [1.82, 2.24) is 15.5 Å². The van der Waals surface area contributed by atoms with Crippen molar-refractivity contribution in [2.75, 3.05) is 26.2 Å². The standard InChI is InChI=1S/C30H43N3O4/c1-29-11-9-21(32-28(36)33-14-13-31-22(16-33)17-34)15-20(29)4-5-23-25-7-6-24(19-3-8-27(35)37-18-19)30(25,2)12-10-26(23)29/h3,7-8,18,20-24,26,31,34H,4-6,9-17H2,1-2H3,(H,32,36)/t20-,21+,22+,23+,24-,26+,29+,30-/m1/s1. The van der Waals surface area contributed by atoms with Crippen LogP contribution in [0.1, 0.15) is 76.7 Å². The van der Waals surface area contributed by atoms with Crippen LogP contribution in [0.3, 0.4) is 0 Å². The van der Waals surface area contributed by atoms with Crippen LogP contribution in [-0.4, -0.2) is 54.4 Å². The van der Waals surface area contributed by atoms with E-state index in [4.69, 9.17) is 4.42 Å². The van der Waals surface area contributed by atoms with Crippen LogP contribution in [0.5, 0.6) is 0 Å². The van der Waals surface area contributed by atoms with Crippen molar-refractivity contribution in [1.29, 1.82) is 0 Å². The fourth-order valence-electron chi connectivity index (χ4n) is 9.19. The molecule has 37 heavy (non-hydrogen) atoms. The predicted octanol–water partition coefficient (Wildman–Crippen LogP) is 4.03. The Hall–Kier alpha value is -2.12. The highest BCUT2D eigenvalue weighted by molar-refractivity contribution is 5.74. The maximum Gasteiger partial charge on any atom is 0.335 e. The molecule has 0 unspecified atom stereocenters. The first-order chi connectivity index (χ1) is 17.8. The van der Waals surface area contributed by atoms with E-state index in [1.165, 1.54) is 32.1 Å². The van der Waals surface area contributed by atoms with Crippen molar-refractivity contribution >= 4 is 6.03 Å². The van der Waals surface area contributed by atoms with Crippen LogP contribution in [0.15, 0.2) is 39.3 Å². The number of nitrogens with zero attached hydrogens (tertiary/aromatic N) is 1. The molecule has 7 nitrogen and oxygen atoms in total. The average Bonchev–Trinajstić information content (AvgIpc) is 3.26. The Morgan fingerprint density at radius 3 is 2.86 bits per heavy atom. The zero-order valence-corrected chi connectivity index (χ0v) is 22.4. The molecule has 4 aliphatic carbocycles. The van der Waals surface area contributed by atoms with E-state index in [0.717, 1.165) is 31.4 Å². The molecule has 202 valence electrons. The molecule has 8 atom stereocenters. The van der Waals surface area contributed by atoms with Gasteiger partial charge in [-0.2, -0.15) is 0 Å². The fraction of sp³-hybridized carbons (Fsp3) is 0.733. The number of fused-ring (bicyclic) bond motifs is 5. The van der Waals surface area contributed by atoms with E-state index in [0.29, 0.717) is 42.2 Å². The zero-order valence-electron chi connectivity index (χ0n) is 22.4. The molecule has 6 rings (SSSR count). The molecular formula is C30H43N3O4. The molecule has 2 amide bonds. The lowest BCUT2D eigenvalue weighted by atomic mass is 9.45. The molecule has 0 aromatic carbocycles. The van der Waals surface area contributed by atoms with Gasteiger partial charge in [0.15, 0.2) is 0 Å². The number of piperazine rings is 1. The van der Waals surface area contributed by atoms with Gasteiger partial charge in [-0.3, -0.25) is 0 Å². The third-order valence-corrected chi connectivity index (χ3v) is 11.3. The second-order valence-corrected chi connectivity index (χ2v) is 13.0. The highest BCUT2D eigenvalue weighted by Gasteiger charge is 2.57. The molecular weight excluding hydrogens is 466 g/mol. The van der Waals surface area contributed by atoms with Gasteiger partial charge in [-0.15, -0.1) is 0 Å². The van der Waals surface area contributed by atoms with Crippen LogP contribution < -0.4 is 16.3 Å². The summed E-state index contributed by atoms with van der Waals surface area (Å²) in [6, 6.07) is 3.81. The molecule has 0 spiro atoms. The third kappa shape index (κ3) is 4.26. The topological polar surface area (TPSA) is 94.8 Å². The molecule has 0 radical (unpaired) electrons. The maximum atomic E-state index is 13.0. The van der Waals surface area contributed by atoms with E-state index in [9.17, 15) is 14.7 Å². The highest BCUT2D eigenvalue weighted by atomic mass is 16.4. The van der Waals surface area contributed by atoms with E-state index < -0.39 is 0 Å². The minimum absolute atomic E-state index is 0.0219. The summed E-state index contributed by atoms with van der Waals surface area (Å²) < 4.78 is 5.25. The quantitative estimate of drug-likeness (QED) is 0.535. The Kier molecular flexibility index (Phi) is 6.51. The zero-order chi connectivity index (χ0) is 25.8. The van der Waals surface area contributed by atoms with Crippen molar-refractivity contribution < 1.29 is 14.3 Å². The van der Waals surface area contributed by atoms with Gasteiger partial charge in [0.25, 0.3) is 0 Å². The minimum Gasteiger partial charge on any atom is -0.431 e. The van der Waals surface area contributed by atoms with Crippen LogP contribution >= 0.6 is 0 Å². The Labute approximate surface area is 220 Å². The number of hydrogen-bond acceptors (Lipinski definition) is 5. The lowest BCUT2D eigenvalue weighted by Crippen LogP contribution is -2.58. The van der Waals surface area contributed by atoms with Gasteiger partial charge in [-0.1, -0.05) is 25.5 Å². The summed E-state index contributed by atoms with van der Waals surface area (Å²) in [6.07, 6.45) is 13.5. The smallest absolute Gasteiger partial charge is 0.335 e. The van der Waals surface area contributed by atoms with E-state index in [1.807, 2.05) is 11.0 Å². The number of aliphatic hydroxyl groups excluding tert-OH is 1. The van der Waals surface area contributed by atoms with Gasteiger partial charge in [0, 0.05) is 37.8 Å². The Morgan fingerprint density at radius 1 is 1.22 bits per heavy atom. The molecule has 3 N–H and O–H groups in total.